The first-order valence-electron chi connectivity index (χ1n) is 12.3. The van der Waals surface area contributed by atoms with Gasteiger partial charge in [0.25, 0.3) is 11.8 Å². The number of allylic oxidation sites excluding steroid dienone is 1. The van der Waals surface area contributed by atoms with E-state index >= 15 is 0 Å². The zero-order valence-electron chi connectivity index (χ0n) is 20.6. The third kappa shape index (κ3) is 5.17. The number of nitrogens with zero attached hydrogens (tertiary/aromatic N) is 1. The van der Waals surface area contributed by atoms with E-state index in [0.717, 1.165) is 22.2 Å². The first kappa shape index (κ1) is 26.2. The van der Waals surface area contributed by atoms with Crippen molar-refractivity contribution in [3.05, 3.63) is 76.2 Å². The number of anilines is 1. The second-order valence-corrected chi connectivity index (χ2v) is 10.3. The van der Waals surface area contributed by atoms with Crippen LogP contribution in [-0.2, 0) is 24.0 Å². The molecule has 2 aromatic rings. The SMILES string of the molecule is O=C1CCC(N2C(=O)c3cccc(NC(=O)CSC=C4C(=O)CC(c5ccccc5)CC4=O)c3C2=O)C(=O)N1. The van der Waals surface area contributed by atoms with Crippen molar-refractivity contribution in [2.75, 3.05) is 11.1 Å². The molecular weight excluding hydrogens is 522 g/mol. The van der Waals surface area contributed by atoms with Crippen LogP contribution in [0.25, 0.3) is 0 Å². The number of carbonyl (C=O) groups is 7. The summed E-state index contributed by atoms with van der Waals surface area (Å²) in [6.07, 6.45) is 0.444. The minimum atomic E-state index is -1.12. The molecule has 2 aromatic carbocycles. The molecule has 5 amide bonds. The van der Waals surface area contributed by atoms with E-state index in [-0.39, 0.29) is 71.3 Å². The molecule has 1 saturated carbocycles. The van der Waals surface area contributed by atoms with E-state index in [0.29, 0.717) is 0 Å². The number of rotatable bonds is 6. The summed E-state index contributed by atoms with van der Waals surface area (Å²) < 4.78 is 0. The van der Waals surface area contributed by atoms with Crippen LogP contribution in [0.1, 0.15) is 57.9 Å². The lowest BCUT2D eigenvalue weighted by Crippen LogP contribution is -2.54. The van der Waals surface area contributed by atoms with Gasteiger partial charge in [0.1, 0.15) is 6.04 Å². The van der Waals surface area contributed by atoms with Gasteiger partial charge in [0.2, 0.25) is 17.7 Å². The lowest BCUT2D eigenvalue weighted by atomic mass is 9.80. The van der Waals surface area contributed by atoms with Gasteiger partial charge in [-0.2, -0.15) is 0 Å². The van der Waals surface area contributed by atoms with Gasteiger partial charge >= 0.3 is 0 Å². The molecule has 2 N–H and O–H groups in total. The number of hydrogen-bond acceptors (Lipinski definition) is 8. The van der Waals surface area contributed by atoms with Gasteiger partial charge in [-0.05, 0) is 35.4 Å². The number of Topliss-reactive ketones (excluding diaryl/α,β-unsaturated/α-hetero) is 2. The van der Waals surface area contributed by atoms with Gasteiger partial charge < -0.3 is 5.32 Å². The molecule has 11 heteroatoms. The van der Waals surface area contributed by atoms with Gasteiger partial charge in [-0.3, -0.25) is 43.8 Å². The zero-order valence-corrected chi connectivity index (χ0v) is 21.4. The molecule has 1 saturated heterocycles. The normalized spacial score (nSPS) is 21.1. The molecule has 2 fully saturated rings. The Labute approximate surface area is 227 Å². The molecular formula is C28H23N3O7S. The summed E-state index contributed by atoms with van der Waals surface area (Å²) in [6, 6.07) is 12.7. The van der Waals surface area contributed by atoms with Crippen molar-refractivity contribution in [2.45, 2.75) is 37.6 Å². The summed E-state index contributed by atoms with van der Waals surface area (Å²) in [5, 5.41) is 6.15. The van der Waals surface area contributed by atoms with E-state index in [9.17, 15) is 33.6 Å². The molecule has 2 heterocycles. The number of benzene rings is 2. The van der Waals surface area contributed by atoms with Crippen molar-refractivity contribution in [1.82, 2.24) is 10.2 Å². The number of carbonyl (C=O) groups excluding carboxylic acids is 7. The zero-order chi connectivity index (χ0) is 27.7. The quantitative estimate of drug-likeness (QED) is 0.320. The van der Waals surface area contributed by atoms with E-state index in [1.807, 2.05) is 30.3 Å². The second kappa shape index (κ2) is 10.8. The van der Waals surface area contributed by atoms with Crippen LogP contribution in [0.15, 0.2) is 59.5 Å². The standard InChI is InChI=1S/C28H23N3O7S/c32-21-11-16(15-5-2-1-3-6-15)12-22(33)18(21)13-39-14-24(35)29-19-8-4-7-17-25(19)28(38)31(27(17)37)20-9-10-23(34)30-26(20)36/h1-8,13,16,20H,9-12,14H2,(H,29,35)(H,30,34,36). The number of fused-ring (bicyclic) bond motifs is 1. The van der Waals surface area contributed by atoms with E-state index in [1.165, 1.54) is 23.6 Å². The van der Waals surface area contributed by atoms with Gasteiger partial charge in [-0.1, -0.05) is 36.4 Å². The summed E-state index contributed by atoms with van der Waals surface area (Å²) in [5.41, 5.74) is 1.12. The van der Waals surface area contributed by atoms with Crippen molar-refractivity contribution in [2.24, 2.45) is 0 Å². The van der Waals surface area contributed by atoms with Gasteiger partial charge in [-0.15, -0.1) is 11.8 Å². The molecule has 3 aliphatic rings. The Balaban J connectivity index is 1.23. The number of ketones is 2. The molecule has 0 aromatic heterocycles. The van der Waals surface area contributed by atoms with Gasteiger partial charge in [0.05, 0.1) is 28.1 Å². The third-order valence-corrected chi connectivity index (χ3v) is 7.72. The highest BCUT2D eigenvalue weighted by atomic mass is 32.2. The fourth-order valence-electron chi connectivity index (χ4n) is 4.99. The first-order chi connectivity index (χ1) is 18.7. The Bertz CT molecular complexity index is 1450. The molecule has 1 aliphatic carbocycles. The van der Waals surface area contributed by atoms with Crippen molar-refractivity contribution >= 4 is 58.6 Å². The monoisotopic (exact) mass is 545 g/mol. The number of piperidine rings is 1. The Hall–Kier alpha value is -4.38. The summed E-state index contributed by atoms with van der Waals surface area (Å²) in [6.45, 7) is 0. The summed E-state index contributed by atoms with van der Waals surface area (Å²) in [7, 11) is 0. The molecule has 0 bridgehead atoms. The number of imide groups is 2. The molecule has 198 valence electrons. The van der Waals surface area contributed by atoms with Crippen LogP contribution in [0.5, 0.6) is 0 Å². The van der Waals surface area contributed by atoms with Gasteiger partial charge in [0.15, 0.2) is 11.6 Å². The fraction of sp³-hybridized carbons (Fsp3) is 0.250. The average Bonchev–Trinajstić information content (AvgIpc) is 3.16. The molecule has 0 radical (unpaired) electrons. The Morgan fingerprint density at radius 1 is 0.949 bits per heavy atom. The topological polar surface area (TPSA) is 147 Å². The fourth-order valence-corrected chi connectivity index (χ4v) is 5.73. The number of hydrogen-bond donors (Lipinski definition) is 2. The van der Waals surface area contributed by atoms with Crippen LogP contribution < -0.4 is 10.6 Å². The van der Waals surface area contributed by atoms with Crippen molar-refractivity contribution in [3.8, 4) is 0 Å². The largest absolute Gasteiger partial charge is 0.325 e. The molecule has 1 atom stereocenters. The van der Waals surface area contributed by atoms with Gasteiger partial charge in [0, 0.05) is 19.3 Å². The maximum absolute atomic E-state index is 13.2. The summed E-state index contributed by atoms with van der Waals surface area (Å²) >= 11 is 0.987. The molecule has 0 spiro atoms. The Morgan fingerprint density at radius 3 is 2.36 bits per heavy atom. The Kier molecular flexibility index (Phi) is 7.25. The van der Waals surface area contributed by atoms with Crippen molar-refractivity contribution < 1.29 is 33.6 Å². The van der Waals surface area contributed by atoms with E-state index in [1.54, 1.807) is 0 Å². The average molecular weight is 546 g/mol. The molecule has 1 unspecified atom stereocenters. The maximum Gasteiger partial charge on any atom is 0.264 e. The highest BCUT2D eigenvalue weighted by Crippen LogP contribution is 2.34. The van der Waals surface area contributed by atoms with Gasteiger partial charge in [-0.25, -0.2) is 0 Å². The number of amides is 5. The molecule has 2 aliphatic heterocycles. The third-order valence-electron chi connectivity index (χ3n) is 6.89. The first-order valence-corrected chi connectivity index (χ1v) is 13.4. The number of nitrogens with one attached hydrogen (secondary N) is 2. The second-order valence-electron chi connectivity index (χ2n) is 9.43. The van der Waals surface area contributed by atoms with Crippen molar-refractivity contribution in [3.63, 3.8) is 0 Å². The van der Waals surface area contributed by atoms with Crippen LogP contribution in [0, 0.1) is 0 Å². The lowest BCUT2D eigenvalue weighted by Gasteiger charge is -2.27. The Morgan fingerprint density at radius 2 is 1.67 bits per heavy atom. The van der Waals surface area contributed by atoms with Crippen LogP contribution in [-0.4, -0.2) is 57.8 Å². The molecule has 10 nitrogen and oxygen atoms in total. The summed E-state index contributed by atoms with van der Waals surface area (Å²) in [4.78, 5) is 88.6. The van der Waals surface area contributed by atoms with Crippen LogP contribution in [0.3, 0.4) is 0 Å². The summed E-state index contributed by atoms with van der Waals surface area (Å²) in [5.74, 6) is -3.98. The lowest BCUT2D eigenvalue weighted by molar-refractivity contribution is -0.136. The van der Waals surface area contributed by atoms with Crippen LogP contribution >= 0.6 is 11.8 Å². The highest BCUT2D eigenvalue weighted by Gasteiger charge is 2.45. The van der Waals surface area contributed by atoms with Crippen LogP contribution in [0.4, 0.5) is 5.69 Å². The van der Waals surface area contributed by atoms with E-state index in [2.05, 4.69) is 10.6 Å². The minimum Gasteiger partial charge on any atom is -0.325 e. The maximum atomic E-state index is 13.2. The molecule has 39 heavy (non-hydrogen) atoms. The number of thioether (sulfide) groups is 1. The smallest absolute Gasteiger partial charge is 0.264 e. The predicted molar refractivity (Wildman–Crippen MR) is 141 cm³/mol. The van der Waals surface area contributed by atoms with Crippen molar-refractivity contribution in [1.29, 1.82) is 0 Å². The van der Waals surface area contributed by atoms with Crippen LogP contribution in [0.2, 0.25) is 0 Å². The van der Waals surface area contributed by atoms with E-state index < -0.39 is 35.6 Å². The highest BCUT2D eigenvalue weighted by molar-refractivity contribution is 8.02. The molecule has 5 rings (SSSR count). The van der Waals surface area contributed by atoms with E-state index in [4.69, 9.17) is 0 Å². The minimum absolute atomic E-state index is 0.00193. The predicted octanol–water partition coefficient (Wildman–Crippen LogP) is 2.36.